The van der Waals surface area contributed by atoms with Crippen molar-refractivity contribution in [2.24, 2.45) is 0 Å². The summed E-state index contributed by atoms with van der Waals surface area (Å²) in [6, 6.07) is 70.9. The third-order valence-corrected chi connectivity index (χ3v) is 12.7. The summed E-state index contributed by atoms with van der Waals surface area (Å²) in [5.74, 6) is 0.704. The van der Waals surface area contributed by atoms with Crippen molar-refractivity contribution in [3.05, 3.63) is 236 Å². The largest absolute Gasteiger partial charge is 0.322 e. The highest BCUT2D eigenvalue weighted by Gasteiger charge is 2.21. The van der Waals surface area contributed by atoms with Gasteiger partial charge in [0.2, 0.25) is 0 Å². The van der Waals surface area contributed by atoms with Crippen molar-refractivity contribution in [2.75, 3.05) is 11.4 Å². The molecule has 0 saturated carbocycles. The van der Waals surface area contributed by atoms with Gasteiger partial charge in [-0.3, -0.25) is 0 Å². The normalized spacial score (nSPS) is 14.3. The van der Waals surface area contributed by atoms with Crippen molar-refractivity contribution in [1.29, 1.82) is 5.26 Å². The first kappa shape index (κ1) is 37.1. The zero-order valence-corrected chi connectivity index (χ0v) is 34.9. The number of rotatable bonds is 5. The summed E-state index contributed by atoms with van der Waals surface area (Å²) in [6.45, 7) is 5.31. The third kappa shape index (κ3) is 6.04. The monoisotopic (exact) mass is 817 g/mol. The average Bonchev–Trinajstić information content (AvgIpc) is 3.88. The van der Waals surface area contributed by atoms with E-state index < -0.39 is 0 Å². The molecule has 12 rings (SSSR count). The molecule has 5 nitrogen and oxygen atoms in total. The molecule has 8 aromatic carbocycles. The number of allylic oxidation sites excluding steroid dienone is 4. The van der Waals surface area contributed by atoms with Gasteiger partial charge in [-0.15, -0.1) is 0 Å². The van der Waals surface area contributed by atoms with Crippen molar-refractivity contribution >= 4 is 77.2 Å². The minimum Gasteiger partial charge on any atom is -0.322 e. The molecule has 0 spiro atoms. The topological polar surface area (TPSA) is 49.8 Å². The maximum absolute atomic E-state index is 10.3. The van der Waals surface area contributed by atoms with Crippen molar-refractivity contribution in [2.45, 2.75) is 0 Å². The van der Waals surface area contributed by atoms with Crippen LogP contribution in [0.3, 0.4) is 0 Å². The van der Waals surface area contributed by atoms with Crippen LogP contribution < -0.4 is 4.90 Å². The lowest BCUT2D eigenvalue weighted by atomic mass is 9.94. The van der Waals surface area contributed by atoms with Crippen molar-refractivity contribution < 1.29 is 0 Å². The molecule has 0 radical (unpaired) electrons. The second-order valence-corrected chi connectivity index (χ2v) is 16.4. The highest BCUT2D eigenvalue weighted by atomic mass is 15.2. The third-order valence-electron chi connectivity index (χ3n) is 12.7. The van der Waals surface area contributed by atoms with E-state index in [-0.39, 0.29) is 0 Å². The molecule has 0 saturated heterocycles. The van der Waals surface area contributed by atoms with E-state index in [1.807, 2.05) is 30.3 Å². The highest BCUT2D eigenvalue weighted by molar-refractivity contribution is 6.12. The molecule has 3 aromatic heterocycles. The Morgan fingerprint density at radius 1 is 0.500 bits per heavy atom. The Bertz CT molecular complexity index is 3790. The van der Waals surface area contributed by atoms with Gasteiger partial charge in [0.25, 0.3) is 0 Å². The molecule has 0 atom stereocenters. The fraction of sp³-hybridized carbons (Fsp3) is 0.0169. The Labute approximate surface area is 370 Å². The first-order chi connectivity index (χ1) is 31.6. The summed E-state index contributed by atoms with van der Waals surface area (Å²) in [5.41, 5.74) is 15.5. The Morgan fingerprint density at radius 3 is 1.69 bits per heavy atom. The number of pyridine rings is 1. The van der Waals surface area contributed by atoms with Gasteiger partial charge in [0.1, 0.15) is 5.82 Å². The molecule has 0 fully saturated rings. The standard InChI is InChI=1S/C59H39N5/c1-39-33-40(42-27-30-57-51(35-42)48-21-9-12-24-55(48)63(57)45-16-4-2-5-17-45)15-14-32-62(59-37-44(38-60)47-20-8-11-23-53(47)61-59)54-29-26-41(34-50(39)54)43-28-31-58-52(36-43)49-22-10-13-25-56(49)64(58)46-18-6-3-7-19-46/h2-31,33-37H,1,32H2/b15-14-,40-33+. The van der Waals surface area contributed by atoms with Crippen LogP contribution in [-0.2, 0) is 0 Å². The molecule has 64 heavy (non-hydrogen) atoms. The number of anilines is 2. The fourth-order valence-corrected chi connectivity index (χ4v) is 9.71. The highest BCUT2D eigenvalue weighted by Crippen LogP contribution is 2.41. The van der Waals surface area contributed by atoms with E-state index in [1.165, 1.54) is 32.6 Å². The van der Waals surface area contributed by atoms with Crippen LogP contribution in [0, 0.1) is 11.3 Å². The second kappa shape index (κ2) is 15.0. The van der Waals surface area contributed by atoms with E-state index in [1.54, 1.807) is 0 Å². The van der Waals surface area contributed by atoms with Crippen LogP contribution in [0.2, 0.25) is 0 Å². The number of nitrogens with zero attached hydrogens (tertiary/aromatic N) is 5. The van der Waals surface area contributed by atoms with E-state index in [4.69, 9.17) is 11.6 Å². The van der Waals surface area contributed by atoms with Gasteiger partial charge >= 0.3 is 0 Å². The summed E-state index contributed by atoms with van der Waals surface area (Å²) in [4.78, 5) is 7.37. The predicted octanol–water partition coefficient (Wildman–Crippen LogP) is 14.8. The molecule has 300 valence electrons. The number of aromatic nitrogens is 3. The Kier molecular flexibility index (Phi) is 8.70. The Hall–Kier alpha value is -8.72. The van der Waals surface area contributed by atoms with Crippen LogP contribution in [0.4, 0.5) is 11.5 Å². The number of fused-ring (bicyclic) bond motifs is 8. The van der Waals surface area contributed by atoms with E-state index in [2.05, 4.69) is 202 Å². The molecule has 0 unspecified atom stereocenters. The van der Waals surface area contributed by atoms with Crippen LogP contribution in [0.5, 0.6) is 0 Å². The van der Waals surface area contributed by atoms with E-state index in [0.717, 1.165) is 72.4 Å². The number of para-hydroxylation sites is 5. The summed E-state index contributed by atoms with van der Waals surface area (Å²) < 4.78 is 4.69. The summed E-state index contributed by atoms with van der Waals surface area (Å²) in [6.07, 6.45) is 6.61. The number of nitriles is 1. The van der Waals surface area contributed by atoms with Gasteiger partial charge in [-0.1, -0.05) is 128 Å². The number of benzene rings is 8. The minimum atomic E-state index is 0.522. The van der Waals surface area contributed by atoms with Crippen LogP contribution >= 0.6 is 0 Å². The molecule has 0 bridgehead atoms. The number of hydrogen-bond acceptors (Lipinski definition) is 3. The molecule has 1 aliphatic rings. The van der Waals surface area contributed by atoms with Crippen LogP contribution in [-0.4, -0.2) is 20.7 Å². The average molecular weight is 818 g/mol. The van der Waals surface area contributed by atoms with Crippen molar-refractivity contribution in [3.8, 4) is 28.6 Å². The Balaban J connectivity index is 1.03. The van der Waals surface area contributed by atoms with Gasteiger partial charge in [-0.05, 0) is 119 Å². The van der Waals surface area contributed by atoms with Gasteiger partial charge in [0.05, 0.1) is 44.9 Å². The molecular formula is C59H39N5. The first-order valence-electron chi connectivity index (χ1n) is 21.6. The van der Waals surface area contributed by atoms with Crippen LogP contribution in [0.15, 0.2) is 219 Å². The number of hydrogen-bond donors (Lipinski definition) is 0. The summed E-state index contributed by atoms with van der Waals surface area (Å²) in [5, 5.41) is 16.0. The van der Waals surface area contributed by atoms with Gasteiger partial charge < -0.3 is 14.0 Å². The molecule has 0 amide bonds. The predicted molar refractivity (Wildman–Crippen MR) is 267 cm³/mol. The van der Waals surface area contributed by atoms with Gasteiger partial charge in [-0.25, -0.2) is 4.98 Å². The molecule has 1 aliphatic heterocycles. The minimum absolute atomic E-state index is 0.522. The van der Waals surface area contributed by atoms with Gasteiger partial charge in [0, 0.05) is 50.4 Å². The molecule has 11 aromatic rings. The fourth-order valence-electron chi connectivity index (χ4n) is 9.71. The van der Waals surface area contributed by atoms with Gasteiger partial charge in [0.15, 0.2) is 0 Å². The summed E-state index contributed by atoms with van der Waals surface area (Å²) >= 11 is 0. The molecule has 4 heterocycles. The van der Waals surface area contributed by atoms with Crippen LogP contribution in [0.1, 0.15) is 16.7 Å². The lowest BCUT2D eigenvalue weighted by Crippen LogP contribution is -2.19. The van der Waals surface area contributed by atoms with E-state index in [9.17, 15) is 5.26 Å². The lowest BCUT2D eigenvalue weighted by Gasteiger charge is -2.26. The first-order valence-corrected chi connectivity index (χ1v) is 21.6. The zero-order chi connectivity index (χ0) is 42.7. The lowest BCUT2D eigenvalue weighted by molar-refractivity contribution is 1.05. The SMILES string of the molecule is C=C1/C=C(c2ccc3c(c2)c2ccccc2n3-c2ccccc2)\C=C/CN(c2cc(C#N)c3ccccc3n2)c2ccc(-c3ccc4c(c3)c3ccccc3n4-c3ccccc3)cc21. The quantitative estimate of drug-likeness (QED) is 0.174. The molecule has 0 N–H and O–H groups in total. The molecule has 0 aliphatic carbocycles. The maximum atomic E-state index is 10.3. The molecule has 5 heteroatoms. The van der Waals surface area contributed by atoms with Crippen LogP contribution in [0.25, 0.3) is 88.2 Å². The maximum Gasteiger partial charge on any atom is 0.135 e. The van der Waals surface area contributed by atoms with Gasteiger partial charge in [-0.2, -0.15) is 5.26 Å². The van der Waals surface area contributed by atoms with E-state index >= 15 is 0 Å². The smallest absolute Gasteiger partial charge is 0.135 e. The molecular weight excluding hydrogens is 779 g/mol. The van der Waals surface area contributed by atoms with Crippen molar-refractivity contribution in [1.82, 2.24) is 14.1 Å². The Morgan fingerprint density at radius 2 is 1.03 bits per heavy atom. The second-order valence-electron chi connectivity index (χ2n) is 16.4. The van der Waals surface area contributed by atoms with Crippen molar-refractivity contribution in [3.63, 3.8) is 0 Å². The zero-order valence-electron chi connectivity index (χ0n) is 34.9. The van der Waals surface area contributed by atoms with E-state index in [0.29, 0.717) is 17.9 Å². The summed E-state index contributed by atoms with van der Waals surface area (Å²) in [7, 11) is 0.